The van der Waals surface area contributed by atoms with Gasteiger partial charge in [0.25, 0.3) is 10.2 Å². The second-order valence-electron chi connectivity index (χ2n) is 3.75. The molecule has 0 saturated heterocycles. The third-order valence-corrected chi connectivity index (χ3v) is 3.93. The number of hydrogen-bond donors (Lipinski definition) is 3. The predicted molar refractivity (Wildman–Crippen MR) is 63.4 cm³/mol. The number of H-pyrrole nitrogens is 1. The molecule has 98 valence electrons. The first-order valence-corrected chi connectivity index (χ1v) is 6.72. The minimum atomic E-state index is -3.49. The van der Waals surface area contributed by atoms with Gasteiger partial charge in [-0.15, -0.1) is 0 Å². The molecule has 1 rings (SSSR count). The van der Waals surface area contributed by atoms with Crippen molar-refractivity contribution in [1.29, 1.82) is 0 Å². The Bertz CT molecular complexity index is 443. The van der Waals surface area contributed by atoms with E-state index in [1.165, 1.54) is 11.4 Å². The number of hydrogen-bond acceptors (Lipinski definition) is 4. The van der Waals surface area contributed by atoms with Gasteiger partial charge in [-0.05, 0) is 13.3 Å². The van der Waals surface area contributed by atoms with E-state index in [0.29, 0.717) is 6.42 Å². The molecule has 0 unspecified atom stereocenters. The minimum Gasteiger partial charge on any atom is -0.396 e. The van der Waals surface area contributed by atoms with Crippen molar-refractivity contribution in [1.82, 2.24) is 19.2 Å². The molecule has 0 aromatic carbocycles. The molecule has 0 bridgehead atoms. The third-order valence-electron chi connectivity index (χ3n) is 2.42. The maximum absolute atomic E-state index is 11.7. The molecule has 1 aromatic rings. The molecule has 1 heterocycles. The number of aromatic amines is 1. The highest BCUT2D eigenvalue weighted by Gasteiger charge is 2.16. The first-order chi connectivity index (χ1) is 7.97. The molecule has 0 saturated carbocycles. The lowest BCUT2D eigenvalue weighted by molar-refractivity contribution is 0.275. The first-order valence-electron chi connectivity index (χ1n) is 5.28. The van der Waals surface area contributed by atoms with Gasteiger partial charge in [0.05, 0.1) is 6.20 Å². The number of aliphatic hydroxyl groups excluding tert-OH is 1. The standard InChI is InChI=1S/C9H18N4O3S/c1-8-9(6-10-12-8)7-11-17(15,16)13(2)4-3-5-14/h6,11,14H,3-5,7H2,1-2H3,(H,10,12). The van der Waals surface area contributed by atoms with E-state index >= 15 is 0 Å². The van der Waals surface area contributed by atoms with Gasteiger partial charge >= 0.3 is 0 Å². The Hall–Kier alpha value is -0.960. The highest BCUT2D eigenvalue weighted by Crippen LogP contribution is 2.03. The van der Waals surface area contributed by atoms with Crippen LogP contribution in [0.5, 0.6) is 0 Å². The van der Waals surface area contributed by atoms with Crippen molar-refractivity contribution < 1.29 is 13.5 Å². The van der Waals surface area contributed by atoms with Crippen molar-refractivity contribution in [2.75, 3.05) is 20.2 Å². The number of nitrogens with one attached hydrogen (secondary N) is 2. The zero-order valence-electron chi connectivity index (χ0n) is 9.97. The maximum Gasteiger partial charge on any atom is 0.279 e. The summed E-state index contributed by atoms with van der Waals surface area (Å²) in [6.45, 7) is 2.29. The monoisotopic (exact) mass is 262 g/mol. The summed E-state index contributed by atoms with van der Waals surface area (Å²) < 4.78 is 27.1. The fourth-order valence-corrected chi connectivity index (χ4v) is 2.17. The van der Waals surface area contributed by atoms with E-state index in [4.69, 9.17) is 5.11 Å². The number of aryl methyl sites for hydroxylation is 1. The van der Waals surface area contributed by atoms with Gasteiger partial charge in [0.2, 0.25) is 0 Å². The van der Waals surface area contributed by atoms with Crippen molar-refractivity contribution in [2.24, 2.45) is 0 Å². The summed E-state index contributed by atoms with van der Waals surface area (Å²) in [6.07, 6.45) is 2.01. The van der Waals surface area contributed by atoms with Gasteiger partial charge in [-0.25, -0.2) is 0 Å². The van der Waals surface area contributed by atoms with Crippen LogP contribution in [0.3, 0.4) is 0 Å². The summed E-state index contributed by atoms with van der Waals surface area (Å²) in [5.41, 5.74) is 1.65. The van der Waals surface area contributed by atoms with Crippen molar-refractivity contribution in [3.05, 3.63) is 17.5 Å². The van der Waals surface area contributed by atoms with Gasteiger partial charge in [-0.2, -0.15) is 22.5 Å². The second kappa shape index (κ2) is 6.10. The second-order valence-corrected chi connectivity index (χ2v) is 5.61. The van der Waals surface area contributed by atoms with Gasteiger partial charge in [0.15, 0.2) is 0 Å². The molecule has 8 heteroatoms. The number of rotatable bonds is 7. The molecule has 0 aliphatic heterocycles. The Morgan fingerprint density at radius 2 is 2.29 bits per heavy atom. The molecule has 3 N–H and O–H groups in total. The topological polar surface area (TPSA) is 98.3 Å². The molecule has 0 fully saturated rings. The smallest absolute Gasteiger partial charge is 0.279 e. The van der Waals surface area contributed by atoms with Crippen LogP contribution in [-0.2, 0) is 16.8 Å². The fourth-order valence-electron chi connectivity index (χ4n) is 1.25. The van der Waals surface area contributed by atoms with Crippen LogP contribution in [0, 0.1) is 6.92 Å². The van der Waals surface area contributed by atoms with Crippen molar-refractivity contribution in [3.8, 4) is 0 Å². The van der Waals surface area contributed by atoms with E-state index in [1.54, 1.807) is 6.20 Å². The molecular formula is C9H18N4O3S. The van der Waals surface area contributed by atoms with E-state index in [1.807, 2.05) is 6.92 Å². The molecule has 0 radical (unpaired) electrons. The number of nitrogens with zero attached hydrogens (tertiary/aromatic N) is 2. The van der Waals surface area contributed by atoms with Gasteiger partial charge in [0.1, 0.15) is 0 Å². The summed E-state index contributed by atoms with van der Waals surface area (Å²) in [6, 6.07) is 0. The summed E-state index contributed by atoms with van der Waals surface area (Å²) >= 11 is 0. The Labute approximate surface area is 101 Å². The van der Waals surface area contributed by atoms with Gasteiger partial charge < -0.3 is 5.11 Å². The molecule has 0 aliphatic carbocycles. The summed E-state index contributed by atoms with van der Waals surface area (Å²) in [5.74, 6) is 0. The Kier molecular flexibility index (Phi) is 5.06. The van der Waals surface area contributed by atoms with Crippen molar-refractivity contribution in [3.63, 3.8) is 0 Å². The molecule has 0 atom stereocenters. The molecule has 7 nitrogen and oxygen atoms in total. The molecule has 17 heavy (non-hydrogen) atoms. The highest BCUT2D eigenvalue weighted by molar-refractivity contribution is 7.87. The summed E-state index contributed by atoms with van der Waals surface area (Å²) in [7, 11) is -2.02. The van der Waals surface area contributed by atoms with Crippen molar-refractivity contribution in [2.45, 2.75) is 19.9 Å². The minimum absolute atomic E-state index is 0.0271. The zero-order chi connectivity index (χ0) is 12.9. The van der Waals surface area contributed by atoms with Crippen LogP contribution < -0.4 is 4.72 Å². The first kappa shape index (κ1) is 14.1. The van der Waals surface area contributed by atoms with Gasteiger partial charge in [0, 0.05) is 38.0 Å². The van der Waals surface area contributed by atoms with Crippen LogP contribution in [0.15, 0.2) is 6.20 Å². The fraction of sp³-hybridized carbons (Fsp3) is 0.667. The molecule has 0 amide bonds. The van der Waals surface area contributed by atoms with Crippen LogP contribution in [0.4, 0.5) is 0 Å². The molecule has 0 spiro atoms. The average molecular weight is 262 g/mol. The summed E-state index contributed by atoms with van der Waals surface area (Å²) in [5, 5.41) is 15.2. The Balaban J connectivity index is 2.52. The lowest BCUT2D eigenvalue weighted by Gasteiger charge is -2.16. The van der Waals surface area contributed by atoms with E-state index < -0.39 is 10.2 Å². The van der Waals surface area contributed by atoms with Gasteiger partial charge in [-0.3, -0.25) is 5.10 Å². The quantitative estimate of drug-likeness (QED) is 0.609. The Morgan fingerprint density at radius 1 is 1.59 bits per heavy atom. The van der Waals surface area contributed by atoms with Crippen LogP contribution in [-0.4, -0.2) is 48.2 Å². The van der Waals surface area contributed by atoms with Crippen LogP contribution in [0.1, 0.15) is 17.7 Å². The molecule has 0 aliphatic rings. The van der Waals surface area contributed by atoms with Crippen LogP contribution in [0.2, 0.25) is 0 Å². The average Bonchev–Trinajstić information content (AvgIpc) is 2.69. The normalized spacial score (nSPS) is 12.2. The van der Waals surface area contributed by atoms with Crippen LogP contribution >= 0.6 is 0 Å². The van der Waals surface area contributed by atoms with Gasteiger partial charge in [-0.1, -0.05) is 0 Å². The zero-order valence-corrected chi connectivity index (χ0v) is 10.8. The molecular weight excluding hydrogens is 244 g/mol. The molecule has 1 aromatic heterocycles. The predicted octanol–water partition coefficient (Wildman–Crippen LogP) is -0.633. The van der Waals surface area contributed by atoms with E-state index in [0.717, 1.165) is 11.3 Å². The maximum atomic E-state index is 11.7. The lowest BCUT2D eigenvalue weighted by atomic mass is 10.3. The van der Waals surface area contributed by atoms with E-state index in [-0.39, 0.29) is 19.7 Å². The SMILES string of the molecule is Cc1[nH]ncc1CNS(=O)(=O)N(C)CCCO. The van der Waals surface area contributed by atoms with Crippen molar-refractivity contribution >= 4 is 10.2 Å². The number of aromatic nitrogens is 2. The highest BCUT2D eigenvalue weighted by atomic mass is 32.2. The Morgan fingerprint density at radius 3 is 2.82 bits per heavy atom. The van der Waals surface area contributed by atoms with Crippen LogP contribution in [0.25, 0.3) is 0 Å². The summed E-state index contributed by atoms with van der Waals surface area (Å²) in [4.78, 5) is 0. The van der Waals surface area contributed by atoms with E-state index in [2.05, 4.69) is 14.9 Å². The largest absolute Gasteiger partial charge is 0.396 e. The van der Waals surface area contributed by atoms with E-state index in [9.17, 15) is 8.42 Å². The number of aliphatic hydroxyl groups is 1. The third kappa shape index (κ3) is 4.08. The lowest BCUT2D eigenvalue weighted by Crippen LogP contribution is -2.38.